The van der Waals surface area contributed by atoms with Crippen molar-refractivity contribution in [2.24, 2.45) is 5.73 Å². The summed E-state index contributed by atoms with van der Waals surface area (Å²) in [6.45, 7) is 1.79. The Hall–Kier alpha value is -1.62. The van der Waals surface area contributed by atoms with Crippen molar-refractivity contribution in [1.82, 2.24) is 10.3 Å². The van der Waals surface area contributed by atoms with Crippen LogP contribution in [0.3, 0.4) is 0 Å². The summed E-state index contributed by atoms with van der Waals surface area (Å²) in [5, 5.41) is 3.27. The number of carbonyl (C=O) groups is 1. The lowest BCUT2D eigenvalue weighted by atomic mass is 10.1. The number of pyridine rings is 1. The number of likely N-dealkylation sites (N-methyl/N-ethyl adjacent to an activating group) is 1. The Bertz CT molecular complexity index is 407. The molecule has 1 aromatic rings. The second-order valence-electron chi connectivity index (χ2n) is 4.31. The Morgan fingerprint density at radius 2 is 2.47 bits per heavy atom. The number of anilines is 1. The predicted octanol–water partition coefficient (Wildman–Crippen LogP) is 0.369. The molecule has 1 atom stereocenters. The maximum atomic E-state index is 11.4. The molecule has 0 bridgehead atoms. The predicted molar refractivity (Wildman–Crippen MR) is 67.0 cm³/mol. The number of rotatable bonds is 3. The largest absolute Gasteiger partial charge is 0.365 e. The Morgan fingerprint density at radius 1 is 1.65 bits per heavy atom. The standard InChI is InChI=1S/C12H18N4O/c1-14-9-4-3-7-16(8-9)12-10(11(13)17)5-2-6-15-12/h2,5-6,9,14H,3-4,7-8H2,1H3,(H2,13,17). The molecular formula is C12H18N4O. The van der Waals surface area contributed by atoms with Crippen LogP contribution in [0.4, 0.5) is 5.82 Å². The van der Waals surface area contributed by atoms with E-state index in [1.54, 1.807) is 18.3 Å². The summed E-state index contributed by atoms with van der Waals surface area (Å²) >= 11 is 0. The first kappa shape index (κ1) is 11.9. The topological polar surface area (TPSA) is 71.2 Å². The fraction of sp³-hybridized carbons (Fsp3) is 0.500. The van der Waals surface area contributed by atoms with Gasteiger partial charge in [-0.3, -0.25) is 4.79 Å². The number of piperidine rings is 1. The van der Waals surface area contributed by atoms with Crippen LogP contribution in [-0.2, 0) is 0 Å². The molecule has 3 N–H and O–H groups in total. The second kappa shape index (κ2) is 5.14. The van der Waals surface area contributed by atoms with Gasteiger partial charge in [0.2, 0.25) is 0 Å². The highest BCUT2D eigenvalue weighted by Crippen LogP contribution is 2.21. The Labute approximate surface area is 101 Å². The molecule has 0 saturated carbocycles. The molecule has 1 unspecified atom stereocenters. The Kier molecular flexibility index (Phi) is 3.58. The molecule has 1 aromatic heterocycles. The molecule has 2 heterocycles. The first-order valence-electron chi connectivity index (χ1n) is 5.89. The number of aromatic nitrogens is 1. The fourth-order valence-corrected chi connectivity index (χ4v) is 2.25. The van der Waals surface area contributed by atoms with Gasteiger partial charge in [-0.15, -0.1) is 0 Å². The fourth-order valence-electron chi connectivity index (χ4n) is 2.25. The third-order valence-corrected chi connectivity index (χ3v) is 3.18. The maximum Gasteiger partial charge on any atom is 0.252 e. The lowest BCUT2D eigenvalue weighted by Gasteiger charge is -2.34. The molecule has 5 heteroatoms. The minimum Gasteiger partial charge on any atom is -0.365 e. The van der Waals surface area contributed by atoms with E-state index < -0.39 is 5.91 Å². The average molecular weight is 234 g/mol. The van der Waals surface area contributed by atoms with E-state index in [-0.39, 0.29) is 0 Å². The summed E-state index contributed by atoms with van der Waals surface area (Å²) < 4.78 is 0. The number of hydrogen-bond donors (Lipinski definition) is 2. The molecule has 1 saturated heterocycles. The van der Waals surface area contributed by atoms with E-state index in [0.717, 1.165) is 25.9 Å². The van der Waals surface area contributed by atoms with Gasteiger partial charge in [0.05, 0.1) is 5.56 Å². The number of hydrogen-bond acceptors (Lipinski definition) is 4. The molecule has 5 nitrogen and oxygen atoms in total. The normalized spacial score (nSPS) is 20.3. The zero-order valence-electron chi connectivity index (χ0n) is 10.0. The molecule has 1 fully saturated rings. The van der Waals surface area contributed by atoms with E-state index >= 15 is 0 Å². The number of carbonyl (C=O) groups excluding carboxylic acids is 1. The lowest BCUT2D eigenvalue weighted by Crippen LogP contribution is -2.45. The number of nitrogens with one attached hydrogen (secondary N) is 1. The summed E-state index contributed by atoms with van der Waals surface area (Å²) in [6.07, 6.45) is 3.96. The number of nitrogens with zero attached hydrogens (tertiary/aromatic N) is 2. The number of amides is 1. The Morgan fingerprint density at radius 3 is 3.18 bits per heavy atom. The van der Waals surface area contributed by atoms with Crippen molar-refractivity contribution < 1.29 is 4.79 Å². The molecule has 0 aromatic carbocycles. The van der Waals surface area contributed by atoms with Crippen LogP contribution in [0.2, 0.25) is 0 Å². The SMILES string of the molecule is CNC1CCCN(c2ncccc2C(N)=O)C1. The molecule has 2 rings (SSSR count). The van der Waals surface area contributed by atoms with Crippen molar-refractivity contribution in [3.05, 3.63) is 23.9 Å². The maximum absolute atomic E-state index is 11.4. The van der Waals surface area contributed by atoms with Crippen molar-refractivity contribution in [3.8, 4) is 0 Å². The highest BCUT2D eigenvalue weighted by molar-refractivity contribution is 5.97. The van der Waals surface area contributed by atoms with Crippen LogP contribution in [0, 0.1) is 0 Å². The summed E-state index contributed by atoms with van der Waals surface area (Å²) in [5.41, 5.74) is 5.87. The van der Waals surface area contributed by atoms with Gasteiger partial charge >= 0.3 is 0 Å². The first-order chi connectivity index (χ1) is 8.22. The van der Waals surface area contributed by atoms with Gasteiger partial charge in [-0.2, -0.15) is 0 Å². The molecule has 1 aliphatic heterocycles. The van der Waals surface area contributed by atoms with Gasteiger partial charge in [0, 0.05) is 25.3 Å². The van der Waals surface area contributed by atoms with Crippen LogP contribution in [0.5, 0.6) is 0 Å². The minimum absolute atomic E-state index is 0.417. The van der Waals surface area contributed by atoms with Gasteiger partial charge in [-0.05, 0) is 32.0 Å². The third kappa shape index (κ3) is 2.55. The molecule has 1 aliphatic rings. The molecule has 17 heavy (non-hydrogen) atoms. The quantitative estimate of drug-likeness (QED) is 0.792. The van der Waals surface area contributed by atoms with Crippen molar-refractivity contribution in [2.75, 3.05) is 25.0 Å². The van der Waals surface area contributed by atoms with Gasteiger partial charge in [-0.1, -0.05) is 0 Å². The summed E-state index contributed by atoms with van der Waals surface area (Å²) in [6, 6.07) is 3.92. The van der Waals surface area contributed by atoms with Crippen LogP contribution in [0.1, 0.15) is 23.2 Å². The first-order valence-corrected chi connectivity index (χ1v) is 5.89. The molecule has 92 valence electrons. The van der Waals surface area contributed by atoms with Crippen LogP contribution in [0.15, 0.2) is 18.3 Å². The van der Waals surface area contributed by atoms with Gasteiger partial charge in [0.1, 0.15) is 5.82 Å². The zero-order chi connectivity index (χ0) is 12.3. The number of primary amides is 1. The third-order valence-electron chi connectivity index (χ3n) is 3.18. The molecule has 1 amide bonds. The Balaban J connectivity index is 2.24. The lowest BCUT2D eigenvalue weighted by molar-refractivity contribution is 0.100. The average Bonchev–Trinajstić information content (AvgIpc) is 2.39. The van der Waals surface area contributed by atoms with E-state index in [0.29, 0.717) is 17.4 Å². The number of nitrogens with two attached hydrogens (primary N) is 1. The van der Waals surface area contributed by atoms with Crippen molar-refractivity contribution in [3.63, 3.8) is 0 Å². The van der Waals surface area contributed by atoms with E-state index in [9.17, 15) is 4.79 Å². The summed E-state index contributed by atoms with van der Waals surface area (Å²) in [4.78, 5) is 17.8. The van der Waals surface area contributed by atoms with E-state index in [1.165, 1.54) is 0 Å². The second-order valence-corrected chi connectivity index (χ2v) is 4.31. The highest BCUT2D eigenvalue weighted by atomic mass is 16.1. The van der Waals surface area contributed by atoms with Crippen molar-refractivity contribution in [1.29, 1.82) is 0 Å². The van der Waals surface area contributed by atoms with E-state index in [1.807, 2.05) is 7.05 Å². The molecule has 0 aliphatic carbocycles. The van der Waals surface area contributed by atoms with Crippen LogP contribution in [0.25, 0.3) is 0 Å². The molecular weight excluding hydrogens is 216 g/mol. The molecule has 0 radical (unpaired) electrons. The minimum atomic E-state index is -0.417. The van der Waals surface area contributed by atoms with Gasteiger partial charge in [-0.25, -0.2) is 4.98 Å². The van der Waals surface area contributed by atoms with Crippen LogP contribution >= 0.6 is 0 Å². The highest BCUT2D eigenvalue weighted by Gasteiger charge is 2.22. The van der Waals surface area contributed by atoms with Crippen molar-refractivity contribution in [2.45, 2.75) is 18.9 Å². The molecule has 0 spiro atoms. The van der Waals surface area contributed by atoms with Gasteiger partial charge in [0.15, 0.2) is 0 Å². The summed E-state index contributed by atoms with van der Waals surface area (Å²) in [5.74, 6) is 0.291. The summed E-state index contributed by atoms with van der Waals surface area (Å²) in [7, 11) is 1.96. The van der Waals surface area contributed by atoms with Gasteiger partial charge < -0.3 is 16.0 Å². The van der Waals surface area contributed by atoms with E-state index in [4.69, 9.17) is 5.73 Å². The van der Waals surface area contributed by atoms with Crippen molar-refractivity contribution >= 4 is 11.7 Å². The smallest absolute Gasteiger partial charge is 0.252 e. The van der Waals surface area contributed by atoms with Crippen LogP contribution < -0.4 is 16.0 Å². The van der Waals surface area contributed by atoms with Crippen LogP contribution in [-0.4, -0.2) is 37.1 Å². The van der Waals surface area contributed by atoms with Gasteiger partial charge in [0.25, 0.3) is 5.91 Å². The van der Waals surface area contributed by atoms with E-state index in [2.05, 4.69) is 15.2 Å². The zero-order valence-corrected chi connectivity index (χ0v) is 10.0. The monoisotopic (exact) mass is 234 g/mol.